The number of fused-ring (bicyclic) bond motifs is 1. The molecule has 2 amide bonds. The van der Waals surface area contributed by atoms with Crippen molar-refractivity contribution in [3.8, 4) is 0 Å². The molecule has 0 radical (unpaired) electrons. The second-order valence-corrected chi connectivity index (χ2v) is 7.29. The molecule has 3 aromatic rings. The average molecular weight is 456 g/mol. The van der Waals surface area contributed by atoms with Gasteiger partial charge in [0.15, 0.2) is 5.11 Å². The smallest absolute Gasteiger partial charge is 0.256 e. The fourth-order valence-electron chi connectivity index (χ4n) is 2.68. The minimum absolute atomic E-state index is 0.150. The number of carbonyl (C=O) groups is 2. The zero-order chi connectivity index (χ0) is 20.1. The SMILES string of the molecule is CCC(=O)NC(=S)Nc1ccc(NC(=O)c2cccc3c(Br)cccc23)cc1. The molecule has 0 unspecified atom stereocenters. The van der Waals surface area contributed by atoms with E-state index in [-0.39, 0.29) is 16.9 Å². The first-order valence-electron chi connectivity index (χ1n) is 8.67. The third kappa shape index (κ3) is 4.74. The zero-order valence-electron chi connectivity index (χ0n) is 15.1. The summed E-state index contributed by atoms with van der Waals surface area (Å²) in [5.74, 6) is -0.335. The van der Waals surface area contributed by atoms with Gasteiger partial charge in [-0.25, -0.2) is 0 Å². The molecule has 3 N–H and O–H groups in total. The Morgan fingerprint density at radius 1 is 0.893 bits per heavy atom. The molecule has 0 aromatic heterocycles. The average Bonchev–Trinajstić information content (AvgIpc) is 2.69. The van der Waals surface area contributed by atoms with Crippen LogP contribution in [0.5, 0.6) is 0 Å². The summed E-state index contributed by atoms with van der Waals surface area (Å²) in [5, 5.41) is 10.5. The molecular formula is C21H18BrN3O2S. The van der Waals surface area contributed by atoms with Crippen molar-refractivity contribution in [2.45, 2.75) is 13.3 Å². The molecule has 0 heterocycles. The number of halogens is 1. The molecule has 0 bridgehead atoms. The van der Waals surface area contributed by atoms with E-state index in [0.29, 0.717) is 23.4 Å². The lowest BCUT2D eigenvalue weighted by Gasteiger charge is -2.11. The van der Waals surface area contributed by atoms with Gasteiger partial charge < -0.3 is 16.0 Å². The lowest BCUT2D eigenvalue weighted by atomic mass is 10.0. The largest absolute Gasteiger partial charge is 0.332 e. The number of rotatable bonds is 4. The predicted molar refractivity (Wildman–Crippen MR) is 121 cm³/mol. The van der Waals surface area contributed by atoms with Crippen molar-refractivity contribution >= 4 is 67.2 Å². The number of thiocarbonyl (C=S) groups is 1. The summed E-state index contributed by atoms with van der Waals surface area (Å²) in [6, 6.07) is 18.5. The number of carbonyl (C=O) groups excluding carboxylic acids is 2. The second kappa shape index (κ2) is 8.95. The number of nitrogens with one attached hydrogen (secondary N) is 3. The topological polar surface area (TPSA) is 70.2 Å². The maximum atomic E-state index is 12.7. The van der Waals surface area contributed by atoms with E-state index in [9.17, 15) is 9.59 Å². The molecule has 0 saturated carbocycles. The van der Waals surface area contributed by atoms with Crippen LogP contribution in [-0.2, 0) is 4.79 Å². The zero-order valence-corrected chi connectivity index (χ0v) is 17.5. The Labute approximate surface area is 176 Å². The standard InChI is InChI=1S/C21H18BrN3O2S/c1-2-19(26)25-21(28)24-14-11-9-13(10-12-14)23-20(27)17-7-3-6-16-15(17)5-4-8-18(16)22/h3-12H,2H2,1H3,(H,23,27)(H2,24,25,26,28). The van der Waals surface area contributed by atoms with Gasteiger partial charge in [0.25, 0.3) is 5.91 Å². The molecular weight excluding hydrogens is 438 g/mol. The molecule has 0 spiro atoms. The van der Waals surface area contributed by atoms with Gasteiger partial charge in [0, 0.05) is 27.8 Å². The summed E-state index contributed by atoms with van der Waals surface area (Å²) in [5.41, 5.74) is 1.98. The van der Waals surface area contributed by atoms with E-state index < -0.39 is 0 Å². The van der Waals surface area contributed by atoms with Crippen molar-refractivity contribution in [3.05, 3.63) is 70.7 Å². The van der Waals surface area contributed by atoms with Gasteiger partial charge in [-0.15, -0.1) is 0 Å². The number of amides is 2. The first kappa shape index (κ1) is 20.0. The Morgan fingerprint density at radius 2 is 1.50 bits per heavy atom. The van der Waals surface area contributed by atoms with Crippen LogP contribution in [0.2, 0.25) is 0 Å². The fourth-order valence-corrected chi connectivity index (χ4v) is 3.41. The molecule has 5 nitrogen and oxygen atoms in total. The van der Waals surface area contributed by atoms with Gasteiger partial charge in [-0.2, -0.15) is 0 Å². The van der Waals surface area contributed by atoms with E-state index in [1.807, 2.05) is 30.3 Å². The third-order valence-corrected chi connectivity index (χ3v) is 4.98. The lowest BCUT2D eigenvalue weighted by molar-refractivity contribution is -0.119. The molecule has 3 rings (SSSR count). The van der Waals surface area contributed by atoms with E-state index in [2.05, 4.69) is 31.9 Å². The van der Waals surface area contributed by atoms with Gasteiger partial charge in [0.2, 0.25) is 5.91 Å². The second-order valence-electron chi connectivity index (χ2n) is 6.03. The highest BCUT2D eigenvalue weighted by Crippen LogP contribution is 2.27. The highest BCUT2D eigenvalue weighted by atomic mass is 79.9. The Morgan fingerprint density at radius 3 is 2.18 bits per heavy atom. The monoisotopic (exact) mass is 455 g/mol. The van der Waals surface area contributed by atoms with Crippen LogP contribution in [0, 0.1) is 0 Å². The summed E-state index contributed by atoms with van der Waals surface area (Å²) in [4.78, 5) is 24.1. The normalized spacial score (nSPS) is 10.4. The van der Waals surface area contributed by atoms with E-state index >= 15 is 0 Å². The van der Waals surface area contributed by atoms with Crippen LogP contribution in [0.1, 0.15) is 23.7 Å². The fraction of sp³-hybridized carbons (Fsp3) is 0.0952. The molecule has 0 saturated heterocycles. The van der Waals surface area contributed by atoms with E-state index in [1.165, 1.54) is 0 Å². The van der Waals surface area contributed by atoms with Crippen molar-refractivity contribution in [3.63, 3.8) is 0 Å². The van der Waals surface area contributed by atoms with Crippen LogP contribution in [0.4, 0.5) is 11.4 Å². The predicted octanol–water partition coefficient (Wildman–Crippen LogP) is 5.08. The summed E-state index contributed by atoms with van der Waals surface area (Å²) in [6.45, 7) is 1.75. The van der Waals surface area contributed by atoms with Crippen LogP contribution < -0.4 is 16.0 Å². The molecule has 0 atom stereocenters. The number of benzene rings is 3. The third-order valence-electron chi connectivity index (χ3n) is 4.09. The first-order valence-corrected chi connectivity index (χ1v) is 9.87. The highest BCUT2D eigenvalue weighted by molar-refractivity contribution is 9.10. The molecule has 0 aliphatic rings. The van der Waals surface area contributed by atoms with E-state index in [0.717, 1.165) is 15.2 Å². The highest BCUT2D eigenvalue weighted by Gasteiger charge is 2.11. The quantitative estimate of drug-likeness (QED) is 0.479. The van der Waals surface area contributed by atoms with Crippen molar-refractivity contribution in [2.24, 2.45) is 0 Å². The van der Waals surface area contributed by atoms with Gasteiger partial charge in [0.05, 0.1) is 0 Å². The molecule has 7 heteroatoms. The maximum Gasteiger partial charge on any atom is 0.256 e. The molecule has 3 aromatic carbocycles. The van der Waals surface area contributed by atoms with Crippen LogP contribution in [0.25, 0.3) is 10.8 Å². The molecule has 28 heavy (non-hydrogen) atoms. The lowest BCUT2D eigenvalue weighted by Crippen LogP contribution is -2.33. The van der Waals surface area contributed by atoms with E-state index in [4.69, 9.17) is 12.2 Å². The first-order chi connectivity index (χ1) is 13.5. The summed E-state index contributed by atoms with van der Waals surface area (Å²) < 4.78 is 0.946. The van der Waals surface area contributed by atoms with Crippen LogP contribution >= 0.6 is 28.1 Å². The molecule has 0 aliphatic heterocycles. The van der Waals surface area contributed by atoms with Gasteiger partial charge in [-0.3, -0.25) is 9.59 Å². The minimum Gasteiger partial charge on any atom is -0.332 e. The van der Waals surface area contributed by atoms with Gasteiger partial charge >= 0.3 is 0 Å². The number of hydrogen-bond donors (Lipinski definition) is 3. The number of anilines is 2. The van der Waals surface area contributed by atoms with E-state index in [1.54, 1.807) is 37.3 Å². The van der Waals surface area contributed by atoms with Gasteiger partial charge in [0.1, 0.15) is 0 Å². The van der Waals surface area contributed by atoms with Crippen LogP contribution in [-0.4, -0.2) is 16.9 Å². The summed E-state index contributed by atoms with van der Waals surface area (Å²) in [7, 11) is 0. The maximum absolute atomic E-state index is 12.7. The Bertz CT molecular complexity index is 1050. The Hall–Kier alpha value is -2.77. The summed E-state index contributed by atoms with van der Waals surface area (Å²) >= 11 is 8.60. The molecule has 0 fully saturated rings. The van der Waals surface area contributed by atoms with Crippen LogP contribution in [0.3, 0.4) is 0 Å². The number of hydrogen-bond acceptors (Lipinski definition) is 3. The molecule has 0 aliphatic carbocycles. The van der Waals surface area contributed by atoms with Crippen molar-refractivity contribution in [1.29, 1.82) is 0 Å². The van der Waals surface area contributed by atoms with Gasteiger partial charge in [-0.05, 0) is 59.4 Å². The van der Waals surface area contributed by atoms with Gasteiger partial charge in [-0.1, -0.05) is 47.1 Å². The minimum atomic E-state index is -0.185. The molecule has 142 valence electrons. The van der Waals surface area contributed by atoms with Crippen molar-refractivity contribution in [1.82, 2.24) is 5.32 Å². The van der Waals surface area contributed by atoms with Crippen molar-refractivity contribution < 1.29 is 9.59 Å². The van der Waals surface area contributed by atoms with Crippen LogP contribution in [0.15, 0.2) is 65.1 Å². The van der Waals surface area contributed by atoms with Crippen molar-refractivity contribution in [2.75, 3.05) is 10.6 Å². The Kier molecular flexibility index (Phi) is 6.38. The summed E-state index contributed by atoms with van der Waals surface area (Å²) in [6.07, 6.45) is 0.359. The Balaban J connectivity index is 1.71.